The first kappa shape index (κ1) is 10.2. The Labute approximate surface area is 95.1 Å². The maximum Gasteiger partial charge on any atom is 0.236 e. The van der Waals surface area contributed by atoms with Gasteiger partial charge in [0.2, 0.25) is 11.6 Å². The summed E-state index contributed by atoms with van der Waals surface area (Å²) in [6, 6.07) is 0. The highest BCUT2D eigenvalue weighted by atomic mass is 16.7. The Balaban J connectivity index is 2.21. The van der Waals surface area contributed by atoms with Gasteiger partial charge in [-0.05, 0) is 12.8 Å². The molecule has 3 aliphatic carbocycles. The monoisotopic (exact) mass is 220 g/mol. The number of hydrogen-bond acceptors (Lipinski definition) is 3. The van der Waals surface area contributed by atoms with Gasteiger partial charge in [-0.25, -0.2) is 0 Å². The molecule has 3 heteroatoms. The quantitative estimate of drug-likeness (QED) is 0.662. The molecule has 0 aromatic carbocycles. The van der Waals surface area contributed by atoms with Gasteiger partial charge in [0.05, 0.1) is 12.0 Å². The fourth-order valence-electron chi connectivity index (χ4n) is 3.68. The van der Waals surface area contributed by atoms with Crippen LogP contribution in [0.1, 0.15) is 6.92 Å². The first-order valence-corrected chi connectivity index (χ1v) is 5.66. The number of hydrogen-bond donors (Lipinski definition) is 0. The highest BCUT2D eigenvalue weighted by molar-refractivity contribution is 5.96. The third-order valence-electron chi connectivity index (χ3n) is 4.56. The van der Waals surface area contributed by atoms with Gasteiger partial charge in [-0.1, -0.05) is 18.2 Å². The first-order chi connectivity index (χ1) is 7.60. The fraction of sp³-hybridized carbons (Fsp3) is 0.615. The van der Waals surface area contributed by atoms with Crippen molar-refractivity contribution in [3.63, 3.8) is 0 Å². The van der Waals surface area contributed by atoms with E-state index in [-0.39, 0.29) is 17.6 Å². The van der Waals surface area contributed by atoms with Crippen molar-refractivity contribution < 1.29 is 14.3 Å². The summed E-state index contributed by atoms with van der Waals surface area (Å²) in [7, 11) is 1.56. The molecule has 1 saturated heterocycles. The Morgan fingerprint density at radius 1 is 1.69 bits per heavy atom. The van der Waals surface area contributed by atoms with Crippen LogP contribution in [0.5, 0.6) is 0 Å². The number of ketones is 1. The number of carbonyl (C=O) groups is 1. The lowest BCUT2D eigenvalue weighted by Crippen LogP contribution is -2.61. The molecule has 0 unspecified atom stereocenters. The Morgan fingerprint density at radius 3 is 3.06 bits per heavy atom. The number of carbonyl (C=O) groups excluding carboxylic acids is 1. The van der Waals surface area contributed by atoms with Crippen molar-refractivity contribution in [2.75, 3.05) is 13.7 Å². The van der Waals surface area contributed by atoms with Gasteiger partial charge < -0.3 is 9.47 Å². The maximum absolute atomic E-state index is 12.5. The molecule has 5 atom stereocenters. The Bertz CT molecular complexity index is 400. The molecule has 86 valence electrons. The molecule has 4 bridgehead atoms. The molecular weight excluding hydrogens is 204 g/mol. The molecule has 0 aromatic heterocycles. The van der Waals surface area contributed by atoms with Crippen LogP contribution in [-0.4, -0.2) is 25.3 Å². The van der Waals surface area contributed by atoms with Crippen molar-refractivity contribution in [1.29, 1.82) is 0 Å². The van der Waals surface area contributed by atoms with Crippen molar-refractivity contribution in [3.05, 3.63) is 24.8 Å². The maximum atomic E-state index is 12.5. The van der Waals surface area contributed by atoms with Crippen LogP contribution in [0.3, 0.4) is 0 Å². The predicted octanol–water partition coefficient (Wildman–Crippen LogP) is 1.55. The molecule has 4 rings (SSSR count). The normalized spacial score (nSPS) is 53.4. The second-order valence-corrected chi connectivity index (χ2v) is 5.10. The van der Waals surface area contributed by atoms with E-state index in [9.17, 15) is 4.79 Å². The summed E-state index contributed by atoms with van der Waals surface area (Å²) in [5, 5.41) is 0. The Hall–Kier alpha value is -0.930. The van der Waals surface area contributed by atoms with Crippen LogP contribution in [0, 0.1) is 23.2 Å². The van der Waals surface area contributed by atoms with Crippen molar-refractivity contribution in [2.45, 2.75) is 12.7 Å². The van der Waals surface area contributed by atoms with E-state index in [1.807, 2.05) is 19.1 Å². The van der Waals surface area contributed by atoms with E-state index < -0.39 is 11.2 Å². The molecule has 2 fully saturated rings. The van der Waals surface area contributed by atoms with Gasteiger partial charge in [-0.2, -0.15) is 0 Å². The number of methoxy groups -OCH3 is 1. The number of ether oxygens (including phenoxy) is 2. The summed E-state index contributed by atoms with van der Waals surface area (Å²) in [5.74, 6) is -0.428. The minimum atomic E-state index is -1.02. The minimum Gasteiger partial charge on any atom is -0.346 e. The van der Waals surface area contributed by atoms with Crippen LogP contribution >= 0.6 is 0 Å². The Kier molecular flexibility index (Phi) is 1.82. The van der Waals surface area contributed by atoms with Gasteiger partial charge in [-0.15, -0.1) is 6.58 Å². The van der Waals surface area contributed by atoms with Crippen molar-refractivity contribution in [1.82, 2.24) is 0 Å². The lowest BCUT2D eigenvalue weighted by atomic mass is 9.53. The van der Waals surface area contributed by atoms with Crippen molar-refractivity contribution in [3.8, 4) is 0 Å². The summed E-state index contributed by atoms with van der Waals surface area (Å²) >= 11 is 0. The van der Waals surface area contributed by atoms with Gasteiger partial charge in [0.1, 0.15) is 0 Å². The summed E-state index contributed by atoms with van der Waals surface area (Å²) in [5.41, 5.74) is -0.506. The third-order valence-corrected chi connectivity index (χ3v) is 4.56. The van der Waals surface area contributed by atoms with Gasteiger partial charge in [-0.3, -0.25) is 4.79 Å². The van der Waals surface area contributed by atoms with Gasteiger partial charge in [0, 0.05) is 18.9 Å². The van der Waals surface area contributed by atoms with Crippen LogP contribution in [0.25, 0.3) is 0 Å². The molecule has 4 aliphatic rings. The van der Waals surface area contributed by atoms with Crippen molar-refractivity contribution in [2.24, 2.45) is 23.2 Å². The summed E-state index contributed by atoms with van der Waals surface area (Å²) in [6.45, 7) is 6.41. The largest absolute Gasteiger partial charge is 0.346 e. The smallest absolute Gasteiger partial charge is 0.236 e. The highest BCUT2D eigenvalue weighted by Crippen LogP contribution is 2.59. The van der Waals surface area contributed by atoms with Crippen molar-refractivity contribution >= 4 is 5.78 Å². The van der Waals surface area contributed by atoms with Crippen LogP contribution in [0.15, 0.2) is 24.8 Å². The van der Waals surface area contributed by atoms with E-state index in [0.29, 0.717) is 12.5 Å². The molecule has 0 aromatic rings. The molecule has 1 saturated carbocycles. The molecule has 16 heavy (non-hydrogen) atoms. The van der Waals surface area contributed by atoms with Gasteiger partial charge >= 0.3 is 0 Å². The number of Topliss-reactive ketones (excluding diaryl/α,β-unsaturated/α-hetero) is 1. The zero-order valence-corrected chi connectivity index (χ0v) is 9.60. The van der Waals surface area contributed by atoms with E-state index >= 15 is 0 Å². The first-order valence-electron chi connectivity index (χ1n) is 5.66. The second-order valence-electron chi connectivity index (χ2n) is 5.10. The van der Waals surface area contributed by atoms with E-state index in [4.69, 9.17) is 9.47 Å². The number of rotatable bonds is 2. The van der Waals surface area contributed by atoms with E-state index in [0.717, 1.165) is 0 Å². The lowest BCUT2D eigenvalue weighted by molar-refractivity contribution is -0.221. The van der Waals surface area contributed by atoms with Crippen LogP contribution in [0.2, 0.25) is 0 Å². The van der Waals surface area contributed by atoms with Gasteiger partial charge in [0.15, 0.2) is 0 Å². The zero-order chi connectivity index (χ0) is 11.6. The molecular formula is C13H16O3. The Morgan fingerprint density at radius 2 is 2.44 bits per heavy atom. The molecule has 0 radical (unpaired) electrons. The average Bonchev–Trinajstić information content (AvgIpc) is 2.64. The second kappa shape index (κ2) is 2.84. The van der Waals surface area contributed by atoms with Crippen LogP contribution in [-0.2, 0) is 14.3 Å². The SMILES string of the molecule is C=C[C@@H]1[C@H]2CO[C@@]3(OC)C(=O)[C@]1(C)C=C[C@@H]23. The fourth-order valence-corrected chi connectivity index (χ4v) is 3.68. The molecule has 0 spiro atoms. The summed E-state index contributed by atoms with van der Waals surface area (Å²) in [4.78, 5) is 12.5. The average molecular weight is 220 g/mol. The number of allylic oxidation sites excluding steroid dienone is 2. The van der Waals surface area contributed by atoms with Crippen LogP contribution in [0.4, 0.5) is 0 Å². The highest BCUT2D eigenvalue weighted by Gasteiger charge is 2.69. The lowest BCUT2D eigenvalue weighted by Gasteiger charge is -2.51. The molecule has 1 heterocycles. The molecule has 1 aliphatic heterocycles. The minimum absolute atomic E-state index is 0.0497. The molecule has 0 N–H and O–H groups in total. The summed E-state index contributed by atoms with van der Waals surface area (Å²) in [6.07, 6.45) is 5.99. The molecule has 3 nitrogen and oxygen atoms in total. The van der Waals surface area contributed by atoms with E-state index in [1.165, 1.54) is 0 Å². The summed E-state index contributed by atoms with van der Waals surface area (Å²) < 4.78 is 11.1. The zero-order valence-electron chi connectivity index (χ0n) is 9.60. The third kappa shape index (κ3) is 0.824. The topological polar surface area (TPSA) is 35.5 Å². The van der Waals surface area contributed by atoms with E-state index in [2.05, 4.69) is 12.7 Å². The predicted molar refractivity (Wildman–Crippen MR) is 58.6 cm³/mol. The van der Waals surface area contributed by atoms with Crippen LogP contribution < -0.4 is 0 Å². The molecule has 0 amide bonds. The van der Waals surface area contributed by atoms with Gasteiger partial charge in [0.25, 0.3) is 0 Å². The van der Waals surface area contributed by atoms with E-state index in [1.54, 1.807) is 7.11 Å². The standard InChI is InChI=1S/C13H16O3/c1-4-9-8-7-16-13(15-3)10(8)5-6-12(9,2)11(13)14/h4-6,8-10H,1,7H2,2-3H3/t8-,9-,10+,12-,13-/m1/s1.